The van der Waals surface area contributed by atoms with Crippen molar-refractivity contribution in [3.05, 3.63) is 24.3 Å². The second-order valence-corrected chi connectivity index (χ2v) is 26.2. The molecule has 2 saturated carbocycles. The lowest BCUT2D eigenvalue weighted by molar-refractivity contribution is 0.139. The maximum atomic E-state index is 6.91. The van der Waals surface area contributed by atoms with Crippen LogP contribution in [0.15, 0.2) is 24.3 Å². The Labute approximate surface area is 268 Å². The number of benzene rings is 1. The van der Waals surface area contributed by atoms with Crippen molar-refractivity contribution in [1.29, 1.82) is 0 Å². The molecule has 0 aromatic heterocycles. The van der Waals surface area contributed by atoms with Crippen LogP contribution in [0.4, 0.5) is 0 Å². The third kappa shape index (κ3) is 11.5. The number of rotatable bonds is 20. The summed E-state index contributed by atoms with van der Waals surface area (Å²) in [5.41, 5.74) is 0.367. The number of unbranched alkanes of at least 4 members (excludes halogenated alkanes) is 2. The number of hydrogen-bond donors (Lipinski definition) is 0. The summed E-state index contributed by atoms with van der Waals surface area (Å²) in [4.78, 5) is 2.69. The van der Waals surface area contributed by atoms with Gasteiger partial charge in [-0.1, -0.05) is 41.5 Å². The average molecular weight is 634 g/mol. The summed E-state index contributed by atoms with van der Waals surface area (Å²) in [6.45, 7) is 28.0. The van der Waals surface area contributed by atoms with Crippen LogP contribution >= 0.6 is 0 Å². The molecule has 7 heteroatoms. The molecule has 2 aliphatic carbocycles. The first kappa shape index (κ1) is 36.6. The Balaban J connectivity index is 1.45. The smallest absolute Gasteiger partial charge is 0.192 e. The molecular weight excluding hydrogens is 567 g/mol. The zero-order chi connectivity index (χ0) is 32.0. The monoisotopic (exact) mass is 633 g/mol. The van der Waals surface area contributed by atoms with Crippen LogP contribution in [-0.2, 0) is 8.85 Å². The Morgan fingerprint density at radius 3 is 1.40 bits per heavy atom. The van der Waals surface area contributed by atoms with Crippen molar-refractivity contribution in [2.45, 2.75) is 160 Å². The van der Waals surface area contributed by atoms with Gasteiger partial charge in [0.25, 0.3) is 0 Å². The molecule has 0 radical (unpaired) electrons. The predicted octanol–water partition coefficient (Wildman–Crippen LogP) is 10.2. The first-order valence-electron chi connectivity index (χ1n) is 17.3. The van der Waals surface area contributed by atoms with Gasteiger partial charge in [0.2, 0.25) is 0 Å². The molecule has 1 aromatic carbocycles. The van der Waals surface area contributed by atoms with E-state index in [-0.39, 0.29) is 21.3 Å². The first-order valence-corrected chi connectivity index (χ1v) is 23.1. The minimum atomic E-state index is -1.71. The van der Waals surface area contributed by atoms with Crippen LogP contribution in [-0.4, -0.2) is 66.1 Å². The number of methoxy groups -OCH3 is 1. The fourth-order valence-corrected chi connectivity index (χ4v) is 8.91. The van der Waals surface area contributed by atoms with Crippen molar-refractivity contribution in [3.8, 4) is 11.5 Å². The molecule has 0 amide bonds. The highest BCUT2D eigenvalue weighted by Crippen LogP contribution is 2.51. The predicted molar refractivity (Wildman–Crippen MR) is 188 cm³/mol. The van der Waals surface area contributed by atoms with Gasteiger partial charge >= 0.3 is 0 Å². The van der Waals surface area contributed by atoms with E-state index in [1.54, 1.807) is 7.11 Å². The number of hydrogen-bond acceptors (Lipinski definition) is 5. The molecule has 0 atom stereocenters. The molecular formula is C36H67NO4Si2. The second kappa shape index (κ2) is 14.7. The van der Waals surface area contributed by atoms with E-state index in [0.29, 0.717) is 0 Å². The molecule has 0 bridgehead atoms. The molecule has 2 aliphatic rings. The van der Waals surface area contributed by atoms with Crippen molar-refractivity contribution >= 4 is 16.6 Å². The molecule has 1 aromatic rings. The maximum Gasteiger partial charge on any atom is 0.192 e. The van der Waals surface area contributed by atoms with Crippen molar-refractivity contribution < 1.29 is 18.3 Å². The van der Waals surface area contributed by atoms with Gasteiger partial charge in [-0.3, -0.25) is 0 Å². The van der Waals surface area contributed by atoms with Crippen molar-refractivity contribution in [2.24, 2.45) is 0 Å². The topological polar surface area (TPSA) is 40.2 Å². The van der Waals surface area contributed by atoms with Gasteiger partial charge in [-0.2, -0.15) is 0 Å². The molecule has 43 heavy (non-hydrogen) atoms. The largest absolute Gasteiger partial charge is 0.497 e. The molecule has 0 unspecified atom stereocenters. The summed E-state index contributed by atoms with van der Waals surface area (Å²) >= 11 is 0. The van der Waals surface area contributed by atoms with Gasteiger partial charge < -0.3 is 23.2 Å². The summed E-state index contributed by atoms with van der Waals surface area (Å²) in [6.07, 6.45) is 13.5. The fraction of sp³-hybridized carbons (Fsp3) is 0.833. The molecule has 0 N–H and O–H groups in total. The van der Waals surface area contributed by atoms with Crippen LogP contribution in [0, 0.1) is 0 Å². The molecule has 0 saturated heterocycles. The van der Waals surface area contributed by atoms with Crippen LogP contribution in [0.5, 0.6) is 11.5 Å². The van der Waals surface area contributed by atoms with Crippen LogP contribution in [0.2, 0.25) is 36.3 Å². The summed E-state index contributed by atoms with van der Waals surface area (Å²) < 4.78 is 25.1. The SMILES string of the molecule is COc1ccc(OCCCN(CCCCC2(O[Si](C)(C)C(C)(C)C)CC2)CCCCC2(O[Si](C)(C)C(C)(C)C)CC2)cc1. The molecule has 0 heterocycles. The third-order valence-electron chi connectivity index (χ3n) is 10.8. The lowest BCUT2D eigenvalue weighted by Gasteiger charge is -2.40. The Kier molecular flexibility index (Phi) is 12.5. The van der Waals surface area contributed by atoms with E-state index >= 15 is 0 Å². The van der Waals surface area contributed by atoms with E-state index in [1.807, 2.05) is 24.3 Å². The van der Waals surface area contributed by atoms with Crippen molar-refractivity contribution in [3.63, 3.8) is 0 Å². The zero-order valence-corrected chi connectivity index (χ0v) is 32.0. The lowest BCUT2D eigenvalue weighted by atomic mass is 10.1. The maximum absolute atomic E-state index is 6.91. The van der Waals surface area contributed by atoms with Gasteiger partial charge in [-0.05, 0) is 144 Å². The van der Waals surface area contributed by atoms with Gasteiger partial charge in [0.05, 0.1) is 24.9 Å². The molecule has 0 aliphatic heterocycles. The summed E-state index contributed by atoms with van der Waals surface area (Å²) in [6, 6.07) is 7.92. The molecule has 5 nitrogen and oxygen atoms in total. The minimum Gasteiger partial charge on any atom is -0.497 e. The highest BCUT2D eigenvalue weighted by atomic mass is 28.4. The van der Waals surface area contributed by atoms with E-state index in [1.165, 1.54) is 77.3 Å². The van der Waals surface area contributed by atoms with Crippen molar-refractivity contribution in [2.75, 3.05) is 33.4 Å². The first-order chi connectivity index (χ1) is 19.9. The Bertz CT molecular complexity index is 920. The van der Waals surface area contributed by atoms with E-state index in [4.69, 9.17) is 18.3 Å². The zero-order valence-electron chi connectivity index (χ0n) is 30.0. The Morgan fingerprint density at radius 1 is 0.628 bits per heavy atom. The minimum absolute atomic E-state index is 0.183. The van der Waals surface area contributed by atoms with Crippen LogP contribution < -0.4 is 9.47 Å². The second-order valence-electron chi connectivity index (χ2n) is 16.7. The fourth-order valence-electron chi connectivity index (χ4n) is 5.52. The summed E-state index contributed by atoms with van der Waals surface area (Å²) in [7, 11) is -1.73. The number of ether oxygens (including phenoxy) is 2. The van der Waals surface area contributed by atoms with Gasteiger partial charge in [0.15, 0.2) is 16.6 Å². The Morgan fingerprint density at radius 2 is 1.02 bits per heavy atom. The standard InChI is InChI=1S/C36H67NO4Si2/c1-33(2,3)42(8,9)40-35(23-24-35)21-12-14-27-37(29-16-30-39-32-19-17-31(38-7)18-20-32)28-15-13-22-36(25-26-36)41-43(10,11)34(4,5)6/h17-20H,12-16,21-30H2,1-11H3. The highest BCUT2D eigenvalue weighted by Gasteiger charge is 2.51. The van der Waals surface area contributed by atoms with E-state index in [9.17, 15) is 0 Å². The van der Waals surface area contributed by atoms with Crippen LogP contribution in [0.3, 0.4) is 0 Å². The highest BCUT2D eigenvalue weighted by molar-refractivity contribution is 6.74. The third-order valence-corrected chi connectivity index (χ3v) is 19.9. The van der Waals surface area contributed by atoms with Crippen molar-refractivity contribution in [1.82, 2.24) is 4.90 Å². The quantitative estimate of drug-likeness (QED) is 0.106. The lowest BCUT2D eigenvalue weighted by Crippen LogP contribution is -2.44. The van der Waals surface area contributed by atoms with E-state index in [2.05, 4.69) is 72.6 Å². The molecule has 2 fully saturated rings. The summed E-state index contributed by atoms with van der Waals surface area (Å²) in [5, 5.41) is 0.560. The van der Waals surface area contributed by atoms with Crippen LogP contribution in [0.1, 0.15) is 112 Å². The molecule has 3 rings (SSSR count). The van der Waals surface area contributed by atoms with Gasteiger partial charge in [0, 0.05) is 6.54 Å². The molecule has 0 spiro atoms. The van der Waals surface area contributed by atoms with E-state index in [0.717, 1.165) is 31.1 Å². The molecule has 248 valence electrons. The van der Waals surface area contributed by atoms with Gasteiger partial charge in [-0.25, -0.2) is 0 Å². The summed E-state index contributed by atoms with van der Waals surface area (Å²) in [5.74, 6) is 1.78. The number of nitrogens with zero attached hydrogens (tertiary/aromatic N) is 1. The normalized spacial score (nSPS) is 18.1. The average Bonchev–Trinajstić information content (AvgIpc) is 3.83. The van der Waals surface area contributed by atoms with E-state index < -0.39 is 16.6 Å². The Hall–Kier alpha value is -0.866. The van der Waals surface area contributed by atoms with Crippen LogP contribution in [0.25, 0.3) is 0 Å². The van der Waals surface area contributed by atoms with Gasteiger partial charge in [-0.15, -0.1) is 0 Å². The van der Waals surface area contributed by atoms with Gasteiger partial charge in [0.1, 0.15) is 11.5 Å².